The van der Waals surface area contributed by atoms with Gasteiger partial charge in [0.05, 0.1) is 11.4 Å². The molecule has 2 rings (SSSR count). The van der Waals surface area contributed by atoms with E-state index in [4.69, 9.17) is 10.5 Å². The predicted molar refractivity (Wildman–Crippen MR) is 60.0 cm³/mol. The fraction of sp³-hybridized carbons (Fsp3) is 0.636. The molecule has 0 unspecified atom stereocenters. The van der Waals surface area contributed by atoms with Crippen LogP contribution in [-0.2, 0) is 11.8 Å². The number of anilines is 1. The maximum absolute atomic E-state index is 11.8. The Morgan fingerprint density at radius 1 is 1.50 bits per heavy atom. The third kappa shape index (κ3) is 1.89. The summed E-state index contributed by atoms with van der Waals surface area (Å²) in [5.74, 6) is -0.395. The van der Waals surface area contributed by atoms with Crippen molar-refractivity contribution in [1.29, 1.82) is 0 Å². The Balaban J connectivity index is 2.11. The fourth-order valence-corrected chi connectivity index (χ4v) is 1.99. The van der Waals surface area contributed by atoms with Gasteiger partial charge in [-0.1, -0.05) is 0 Å². The molecule has 0 atom stereocenters. The maximum Gasteiger partial charge on any atom is 0.361 e. The third-order valence-electron chi connectivity index (χ3n) is 3.15. The van der Waals surface area contributed by atoms with Crippen LogP contribution in [0.3, 0.4) is 0 Å². The summed E-state index contributed by atoms with van der Waals surface area (Å²) in [6, 6.07) is 0. The number of ether oxygens (including phenoxy) is 1. The number of aromatic nitrogens is 2. The molecule has 1 saturated carbocycles. The number of carbonyl (C=O) groups excluding carboxylic acids is 1. The van der Waals surface area contributed by atoms with Crippen molar-refractivity contribution < 1.29 is 9.53 Å². The van der Waals surface area contributed by atoms with Crippen LogP contribution >= 0.6 is 0 Å². The molecule has 16 heavy (non-hydrogen) atoms. The Bertz CT molecular complexity index is 406. The average molecular weight is 223 g/mol. The molecule has 0 amide bonds. The van der Waals surface area contributed by atoms with Crippen molar-refractivity contribution in [3.8, 4) is 0 Å². The summed E-state index contributed by atoms with van der Waals surface area (Å²) < 4.78 is 6.95. The van der Waals surface area contributed by atoms with Crippen LogP contribution in [0.1, 0.15) is 41.9 Å². The van der Waals surface area contributed by atoms with Crippen LogP contribution in [0.25, 0.3) is 0 Å². The van der Waals surface area contributed by atoms with Crippen LogP contribution in [0.2, 0.25) is 0 Å². The van der Waals surface area contributed by atoms with E-state index in [1.54, 1.807) is 11.7 Å². The van der Waals surface area contributed by atoms with E-state index >= 15 is 0 Å². The summed E-state index contributed by atoms with van der Waals surface area (Å²) in [7, 11) is 1.76. The Morgan fingerprint density at radius 2 is 2.12 bits per heavy atom. The number of rotatable bonds is 2. The molecular weight excluding hydrogens is 206 g/mol. The summed E-state index contributed by atoms with van der Waals surface area (Å²) in [6.45, 7) is 1.83. The first-order valence-electron chi connectivity index (χ1n) is 5.59. The molecule has 2 N–H and O–H groups in total. The zero-order valence-corrected chi connectivity index (χ0v) is 9.69. The van der Waals surface area contributed by atoms with Gasteiger partial charge in [0, 0.05) is 7.05 Å². The van der Waals surface area contributed by atoms with Gasteiger partial charge in [0.1, 0.15) is 6.10 Å². The van der Waals surface area contributed by atoms with E-state index in [1.807, 2.05) is 6.92 Å². The highest BCUT2D eigenvalue weighted by atomic mass is 16.5. The predicted octanol–water partition coefficient (Wildman–Crippen LogP) is 1.41. The molecule has 1 fully saturated rings. The van der Waals surface area contributed by atoms with Crippen molar-refractivity contribution in [2.24, 2.45) is 7.05 Å². The lowest BCUT2D eigenvalue weighted by Crippen LogP contribution is -2.16. The van der Waals surface area contributed by atoms with Crippen molar-refractivity contribution in [2.75, 3.05) is 5.73 Å². The second kappa shape index (κ2) is 4.15. The monoisotopic (exact) mass is 223 g/mol. The number of aryl methyl sites for hydroxylation is 1. The Hall–Kier alpha value is -1.52. The number of hydrogen-bond donors (Lipinski definition) is 1. The van der Waals surface area contributed by atoms with Crippen LogP contribution in [-0.4, -0.2) is 21.9 Å². The van der Waals surface area contributed by atoms with Crippen LogP contribution in [0, 0.1) is 6.92 Å². The van der Waals surface area contributed by atoms with E-state index in [2.05, 4.69) is 5.10 Å². The lowest BCUT2D eigenvalue weighted by Gasteiger charge is -2.09. The number of nitrogens with zero attached hydrogens (tertiary/aromatic N) is 2. The molecular formula is C11H17N3O2. The normalized spacial score (nSPS) is 16.6. The van der Waals surface area contributed by atoms with Gasteiger partial charge in [0.25, 0.3) is 0 Å². The molecule has 1 aromatic heterocycles. The van der Waals surface area contributed by atoms with Crippen LogP contribution in [0.15, 0.2) is 0 Å². The molecule has 88 valence electrons. The molecule has 0 radical (unpaired) electrons. The first kappa shape index (κ1) is 11.0. The highest BCUT2D eigenvalue weighted by Gasteiger charge is 2.24. The summed E-state index contributed by atoms with van der Waals surface area (Å²) in [6.07, 6.45) is 4.23. The van der Waals surface area contributed by atoms with Gasteiger partial charge in [0.2, 0.25) is 0 Å². The number of nitrogen functional groups attached to an aromatic ring is 1. The van der Waals surface area contributed by atoms with Gasteiger partial charge in [-0.15, -0.1) is 0 Å². The highest BCUT2D eigenvalue weighted by molar-refractivity contribution is 5.93. The van der Waals surface area contributed by atoms with Gasteiger partial charge < -0.3 is 10.5 Å². The first-order valence-corrected chi connectivity index (χ1v) is 5.59. The fourth-order valence-electron chi connectivity index (χ4n) is 1.99. The molecule has 0 saturated heterocycles. The smallest absolute Gasteiger partial charge is 0.361 e. The van der Waals surface area contributed by atoms with E-state index in [0.29, 0.717) is 5.69 Å². The van der Waals surface area contributed by atoms with Gasteiger partial charge in [-0.05, 0) is 32.6 Å². The average Bonchev–Trinajstić information content (AvgIpc) is 2.83. The lowest BCUT2D eigenvalue weighted by molar-refractivity contribution is 0.0311. The summed E-state index contributed by atoms with van der Waals surface area (Å²) in [4.78, 5) is 11.8. The van der Waals surface area contributed by atoms with Crippen molar-refractivity contribution >= 4 is 11.7 Å². The second-order valence-electron chi connectivity index (χ2n) is 4.28. The maximum atomic E-state index is 11.8. The van der Waals surface area contributed by atoms with Crippen molar-refractivity contribution in [2.45, 2.75) is 38.7 Å². The lowest BCUT2D eigenvalue weighted by atomic mass is 10.3. The zero-order chi connectivity index (χ0) is 11.7. The zero-order valence-electron chi connectivity index (χ0n) is 9.69. The largest absolute Gasteiger partial charge is 0.458 e. The van der Waals surface area contributed by atoms with Gasteiger partial charge in [0.15, 0.2) is 5.69 Å². The Labute approximate surface area is 94.6 Å². The number of carbonyl (C=O) groups is 1. The summed E-state index contributed by atoms with van der Waals surface area (Å²) in [5.41, 5.74) is 7.25. The number of nitrogens with two attached hydrogens (primary N) is 1. The SMILES string of the molecule is Cc1c(N)c(C(=O)OC2CCCC2)nn1C. The first-order chi connectivity index (χ1) is 7.59. The number of esters is 1. The van der Waals surface area contributed by atoms with E-state index in [1.165, 1.54) is 0 Å². The van der Waals surface area contributed by atoms with E-state index in [9.17, 15) is 4.79 Å². The summed E-state index contributed by atoms with van der Waals surface area (Å²) >= 11 is 0. The quantitative estimate of drug-likeness (QED) is 0.769. The molecule has 5 nitrogen and oxygen atoms in total. The molecule has 0 bridgehead atoms. The molecule has 0 aliphatic heterocycles. The topological polar surface area (TPSA) is 70.1 Å². The molecule has 1 aliphatic rings. The van der Waals surface area contributed by atoms with Crippen LogP contribution in [0.4, 0.5) is 5.69 Å². The molecule has 1 heterocycles. The molecule has 5 heteroatoms. The van der Waals surface area contributed by atoms with E-state index in [0.717, 1.165) is 31.4 Å². The van der Waals surface area contributed by atoms with Crippen molar-refractivity contribution in [3.63, 3.8) is 0 Å². The van der Waals surface area contributed by atoms with Gasteiger partial charge in [-0.3, -0.25) is 4.68 Å². The molecule has 0 aromatic carbocycles. The van der Waals surface area contributed by atoms with E-state index in [-0.39, 0.29) is 11.8 Å². The number of hydrogen-bond acceptors (Lipinski definition) is 4. The minimum atomic E-state index is -0.395. The minimum Gasteiger partial charge on any atom is -0.458 e. The van der Waals surface area contributed by atoms with Gasteiger partial charge >= 0.3 is 5.97 Å². The van der Waals surface area contributed by atoms with Gasteiger partial charge in [-0.2, -0.15) is 5.10 Å². The van der Waals surface area contributed by atoms with E-state index < -0.39 is 5.97 Å². The summed E-state index contributed by atoms with van der Waals surface area (Å²) in [5, 5.41) is 4.07. The van der Waals surface area contributed by atoms with Crippen LogP contribution in [0.5, 0.6) is 0 Å². The molecule has 1 aromatic rings. The Kier molecular flexibility index (Phi) is 2.85. The highest BCUT2D eigenvalue weighted by Crippen LogP contribution is 2.23. The second-order valence-corrected chi connectivity index (χ2v) is 4.28. The van der Waals surface area contributed by atoms with Crippen molar-refractivity contribution in [3.05, 3.63) is 11.4 Å². The van der Waals surface area contributed by atoms with Crippen molar-refractivity contribution in [1.82, 2.24) is 9.78 Å². The molecule has 0 spiro atoms. The standard InChI is InChI=1S/C11H17N3O2/c1-7-9(12)10(13-14(7)2)11(15)16-8-5-3-4-6-8/h8H,3-6,12H2,1-2H3. The van der Waals surface area contributed by atoms with Gasteiger partial charge in [-0.25, -0.2) is 4.79 Å². The minimum absolute atomic E-state index is 0.0502. The Morgan fingerprint density at radius 3 is 2.62 bits per heavy atom. The van der Waals surface area contributed by atoms with Crippen LogP contribution < -0.4 is 5.73 Å². The third-order valence-corrected chi connectivity index (χ3v) is 3.15. The molecule has 1 aliphatic carbocycles.